The Labute approximate surface area is 182 Å². The third kappa shape index (κ3) is 4.81. The third-order valence-corrected chi connectivity index (χ3v) is 7.00. The van der Waals surface area contributed by atoms with Crippen molar-refractivity contribution in [1.82, 2.24) is 9.55 Å². The second kappa shape index (κ2) is 9.26. The first-order chi connectivity index (χ1) is 14.1. The van der Waals surface area contributed by atoms with Crippen molar-refractivity contribution in [2.75, 3.05) is 5.75 Å². The summed E-state index contributed by atoms with van der Waals surface area (Å²) in [5.74, 6) is 0.803. The van der Waals surface area contributed by atoms with E-state index in [1.54, 1.807) is 4.57 Å². The molecule has 1 aromatic heterocycles. The number of fused-ring (bicyclic) bond motifs is 1. The largest absolute Gasteiger partial charge is 0.293 e. The Balaban J connectivity index is 1.62. The molecule has 150 valence electrons. The van der Waals surface area contributed by atoms with E-state index in [0.29, 0.717) is 34.1 Å². The number of aromatic nitrogens is 2. The number of benzene rings is 2. The topological polar surface area (TPSA) is 52.0 Å². The van der Waals surface area contributed by atoms with Crippen molar-refractivity contribution in [3.8, 4) is 0 Å². The summed E-state index contributed by atoms with van der Waals surface area (Å²) in [7, 11) is 0. The fourth-order valence-electron chi connectivity index (χ4n) is 3.90. The minimum absolute atomic E-state index is 0.000218. The van der Waals surface area contributed by atoms with E-state index in [-0.39, 0.29) is 17.1 Å². The Bertz CT molecular complexity index is 1070. The lowest BCUT2D eigenvalue weighted by Gasteiger charge is -2.23. The van der Waals surface area contributed by atoms with Gasteiger partial charge in [-0.3, -0.25) is 14.2 Å². The molecule has 0 N–H and O–H groups in total. The standard InChI is InChI=1S/C23H23BrN2O2S/c24-18-12-10-17(11-13-18)21(27)15-29-23-25-20-9-5-4-8-19(20)22(28)26(23)14-16-6-2-1-3-7-16/h4-5,8-13,16H,1-3,6-7,14-15H2. The van der Waals surface area contributed by atoms with Crippen LogP contribution in [-0.4, -0.2) is 21.1 Å². The molecule has 0 saturated heterocycles. The molecule has 3 aromatic rings. The lowest BCUT2D eigenvalue weighted by atomic mass is 9.89. The second-order valence-corrected chi connectivity index (χ2v) is 9.41. The summed E-state index contributed by atoms with van der Waals surface area (Å²) < 4.78 is 2.75. The summed E-state index contributed by atoms with van der Waals surface area (Å²) in [5, 5.41) is 1.29. The minimum atomic E-state index is -0.000218. The Morgan fingerprint density at radius 3 is 2.55 bits per heavy atom. The van der Waals surface area contributed by atoms with Crippen LogP contribution in [0.4, 0.5) is 0 Å². The van der Waals surface area contributed by atoms with Crippen molar-refractivity contribution in [2.24, 2.45) is 5.92 Å². The normalized spacial score (nSPS) is 14.9. The number of carbonyl (C=O) groups is 1. The molecule has 1 heterocycles. The Kier molecular flexibility index (Phi) is 6.50. The van der Waals surface area contributed by atoms with Crippen LogP contribution in [0.5, 0.6) is 0 Å². The molecule has 1 aliphatic rings. The van der Waals surface area contributed by atoms with Crippen molar-refractivity contribution in [1.29, 1.82) is 0 Å². The predicted octanol–water partition coefficient (Wildman–Crippen LogP) is 5.71. The van der Waals surface area contributed by atoms with Gasteiger partial charge in [0.1, 0.15) is 0 Å². The molecule has 1 fully saturated rings. The van der Waals surface area contributed by atoms with Crippen molar-refractivity contribution in [3.05, 3.63) is 68.9 Å². The number of halogens is 1. The molecule has 1 aliphatic carbocycles. The van der Waals surface area contributed by atoms with Crippen LogP contribution in [0.3, 0.4) is 0 Å². The molecule has 0 radical (unpaired) electrons. The maximum atomic E-state index is 13.2. The van der Waals surface area contributed by atoms with E-state index in [2.05, 4.69) is 15.9 Å². The molecule has 4 rings (SSSR count). The van der Waals surface area contributed by atoms with E-state index in [0.717, 1.165) is 17.3 Å². The van der Waals surface area contributed by atoms with E-state index in [1.165, 1.54) is 31.0 Å². The molecule has 29 heavy (non-hydrogen) atoms. The summed E-state index contributed by atoms with van der Waals surface area (Å²) in [6.07, 6.45) is 6.04. The predicted molar refractivity (Wildman–Crippen MR) is 122 cm³/mol. The first kappa shape index (κ1) is 20.4. The van der Waals surface area contributed by atoms with E-state index >= 15 is 0 Å². The van der Waals surface area contributed by atoms with Crippen LogP contribution >= 0.6 is 27.7 Å². The second-order valence-electron chi connectivity index (χ2n) is 7.55. The van der Waals surface area contributed by atoms with E-state index in [4.69, 9.17) is 4.98 Å². The van der Waals surface area contributed by atoms with Gasteiger partial charge in [-0.2, -0.15) is 0 Å². The molecule has 0 atom stereocenters. The zero-order valence-electron chi connectivity index (χ0n) is 16.1. The Morgan fingerprint density at radius 1 is 1.07 bits per heavy atom. The minimum Gasteiger partial charge on any atom is -0.293 e. The summed E-state index contributed by atoms with van der Waals surface area (Å²) in [6, 6.07) is 14.8. The highest BCUT2D eigenvalue weighted by molar-refractivity contribution is 9.10. The van der Waals surface area contributed by atoms with E-state index in [9.17, 15) is 9.59 Å². The fourth-order valence-corrected chi connectivity index (χ4v) is 5.06. The summed E-state index contributed by atoms with van der Waals surface area (Å²) in [5.41, 5.74) is 1.36. The number of rotatable bonds is 6. The fraction of sp³-hybridized carbons (Fsp3) is 0.348. The number of ketones is 1. The number of hydrogen-bond acceptors (Lipinski definition) is 4. The number of thioether (sulfide) groups is 1. The smallest absolute Gasteiger partial charge is 0.262 e. The number of carbonyl (C=O) groups excluding carboxylic acids is 1. The first-order valence-corrected chi connectivity index (χ1v) is 11.8. The van der Waals surface area contributed by atoms with Gasteiger partial charge in [-0.15, -0.1) is 0 Å². The van der Waals surface area contributed by atoms with Gasteiger partial charge in [0.2, 0.25) is 0 Å². The molecule has 0 spiro atoms. The molecule has 0 aliphatic heterocycles. The maximum Gasteiger partial charge on any atom is 0.262 e. The summed E-state index contributed by atoms with van der Waals surface area (Å²) >= 11 is 4.76. The lowest BCUT2D eigenvalue weighted by molar-refractivity contribution is 0.102. The number of Topliss-reactive ketones (excluding diaryl/α,β-unsaturated/α-hetero) is 1. The maximum absolute atomic E-state index is 13.2. The Morgan fingerprint density at radius 2 is 1.79 bits per heavy atom. The van der Waals surface area contributed by atoms with Crippen molar-refractivity contribution < 1.29 is 4.79 Å². The number of nitrogens with zero attached hydrogens (tertiary/aromatic N) is 2. The molecule has 0 bridgehead atoms. The highest BCUT2D eigenvalue weighted by Gasteiger charge is 2.19. The van der Waals surface area contributed by atoms with Crippen molar-refractivity contribution in [3.63, 3.8) is 0 Å². The van der Waals surface area contributed by atoms with Crippen LogP contribution in [0.1, 0.15) is 42.5 Å². The molecule has 0 amide bonds. The molecule has 0 unspecified atom stereocenters. The molecule has 4 nitrogen and oxygen atoms in total. The zero-order valence-corrected chi connectivity index (χ0v) is 18.5. The van der Waals surface area contributed by atoms with E-state index in [1.807, 2.05) is 48.5 Å². The summed E-state index contributed by atoms with van der Waals surface area (Å²) in [4.78, 5) is 30.6. The quantitative estimate of drug-likeness (QED) is 0.262. The highest BCUT2D eigenvalue weighted by Crippen LogP contribution is 2.27. The van der Waals surface area contributed by atoms with Crippen LogP contribution in [0.2, 0.25) is 0 Å². The van der Waals surface area contributed by atoms with Crippen molar-refractivity contribution >= 4 is 44.4 Å². The summed E-state index contributed by atoms with van der Waals surface area (Å²) in [6.45, 7) is 0.686. The van der Waals surface area contributed by atoms with Gasteiger partial charge in [0, 0.05) is 16.6 Å². The van der Waals surface area contributed by atoms with Gasteiger partial charge in [0.05, 0.1) is 16.7 Å². The van der Waals surface area contributed by atoms with Gasteiger partial charge in [-0.1, -0.05) is 71.2 Å². The van der Waals surface area contributed by atoms with Gasteiger partial charge >= 0.3 is 0 Å². The highest BCUT2D eigenvalue weighted by atomic mass is 79.9. The third-order valence-electron chi connectivity index (χ3n) is 5.49. The molecule has 1 saturated carbocycles. The molecular weight excluding hydrogens is 448 g/mol. The van der Waals surface area contributed by atoms with Crippen LogP contribution in [-0.2, 0) is 6.54 Å². The molecule has 6 heteroatoms. The van der Waals surface area contributed by atoms with Crippen LogP contribution in [0.25, 0.3) is 10.9 Å². The first-order valence-electron chi connectivity index (χ1n) is 10.0. The lowest BCUT2D eigenvalue weighted by Crippen LogP contribution is -2.28. The van der Waals surface area contributed by atoms with Gasteiger partial charge in [-0.25, -0.2) is 4.98 Å². The molecule has 2 aromatic carbocycles. The van der Waals surface area contributed by atoms with Crippen LogP contribution in [0.15, 0.2) is 63.0 Å². The van der Waals surface area contributed by atoms with Gasteiger partial charge < -0.3 is 0 Å². The zero-order chi connectivity index (χ0) is 20.2. The van der Waals surface area contributed by atoms with Crippen LogP contribution < -0.4 is 5.56 Å². The SMILES string of the molecule is O=C(CSc1nc2ccccc2c(=O)n1CC1CCCCC1)c1ccc(Br)cc1. The van der Waals surface area contributed by atoms with Gasteiger partial charge in [-0.05, 0) is 43.0 Å². The van der Waals surface area contributed by atoms with Crippen LogP contribution in [0, 0.1) is 5.92 Å². The average Bonchev–Trinajstić information content (AvgIpc) is 2.75. The molecular formula is C23H23BrN2O2S. The number of hydrogen-bond donors (Lipinski definition) is 0. The number of para-hydroxylation sites is 1. The van der Waals surface area contributed by atoms with Gasteiger partial charge in [0.15, 0.2) is 10.9 Å². The average molecular weight is 471 g/mol. The Hall–Kier alpha value is -1.92. The van der Waals surface area contributed by atoms with E-state index < -0.39 is 0 Å². The monoisotopic (exact) mass is 470 g/mol. The van der Waals surface area contributed by atoms with Gasteiger partial charge in [0.25, 0.3) is 5.56 Å². The van der Waals surface area contributed by atoms with Crippen molar-refractivity contribution in [2.45, 2.75) is 43.8 Å².